The van der Waals surface area contributed by atoms with E-state index in [4.69, 9.17) is 4.74 Å². The number of aromatic nitrogens is 2. The lowest BCUT2D eigenvalue weighted by Gasteiger charge is -2.23. The van der Waals surface area contributed by atoms with Gasteiger partial charge in [-0.25, -0.2) is 4.98 Å². The highest BCUT2D eigenvalue weighted by molar-refractivity contribution is 5.99. The van der Waals surface area contributed by atoms with Gasteiger partial charge in [-0.05, 0) is 62.3 Å². The molecule has 1 atom stereocenters. The Labute approximate surface area is 163 Å². The van der Waals surface area contributed by atoms with Gasteiger partial charge in [0.1, 0.15) is 11.6 Å². The van der Waals surface area contributed by atoms with Crippen LogP contribution in [0.25, 0.3) is 0 Å². The van der Waals surface area contributed by atoms with Crippen molar-refractivity contribution in [2.75, 3.05) is 6.61 Å². The maximum atomic E-state index is 13.2. The molecule has 0 aliphatic heterocycles. The molecule has 4 heteroatoms. The molecule has 1 aliphatic rings. The summed E-state index contributed by atoms with van der Waals surface area (Å²) in [5, 5.41) is 0. The second kappa shape index (κ2) is 9.20. The van der Waals surface area contributed by atoms with Crippen molar-refractivity contribution in [3.63, 3.8) is 0 Å². The van der Waals surface area contributed by atoms with Gasteiger partial charge >= 0.3 is 0 Å². The van der Waals surface area contributed by atoms with Gasteiger partial charge in [0.15, 0.2) is 5.78 Å². The molecule has 0 amide bonds. The number of nitrogens with zero attached hydrogens (tertiary/aromatic N) is 2. The van der Waals surface area contributed by atoms with Gasteiger partial charge in [0.25, 0.3) is 0 Å². The highest BCUT2D eigenvalue weighted by atomic mass is 16.5. The van der Waals surface area contributed by atoms with Gasteiger partial charge in [0, 0.05) is 30.4 Å². The zero-order chi connectivity index (χ0) is 19.2. The average molecular weight is 369 g/mol. The molecule has 1 aromatic carbocycles. The van der Waals surface area contributed by atoms with Crippen molar-refractivity contribution in [1.29, 1.82) is 0 Å². The third-order valence-electron chi connectivity index (χ3n) is 5.60. The summed E-state index contributed by atoms with van der Waals surface area (Å²) in [6.45, 7) is 7.64. The summed E-state index contributed by atoms with van der Waals surface area (Å²) >= 11 is 0. The van der Waals surface area contributed by atoms with E-state index in [9.17, 15) is 4.79 Å². The fourth-order valence-electron chi connectivity index (χ4n) is 3.98. The van der Waals surface area contributed by atoms with Crippen molar-refractivity contribution >= 4 is 5.78 Å². The number of hydrogen-bond donors (Lipinski definition) is 0. The van der Waals surface area contributed by atoms with Crippen LogP contribution in [0, 0.1) is 12.8 Å². The summed E-state index contributed by atoms with van der Waals surface area (Å²) < 4.78 is 8.13. The molecule has 0 saturated heterocycles. The van der Waals surface area contributed by atoms with Crippen molar-refractivity contribution in [1.82, 2.24) is 9.55 Å². The number of Topliss-reactive ketones (excluding diaryl/α,β-unsaturated/α-hetero) is 1. The lowest BCUT2D eigenvalue weighted by atomic mass is 9.84. The van der Waals surface area contributed by atoms with Crippen LogP contribution in [0.4, 0.5) is 0 Å². The number of ketones is 1. The molecule has 27 heavy (non-hydrogen) atoms. The Morgan fingerprint density at radius 1 is 1.22 bits per heavy atom. The molecule has 3 rings (SSSR count). The molecule has 0 N–H and O–H groups in total. The lowest BCUT2D eigenvalue weighted by molar-refractivity contribution is 0.0916. The maximum Gasteiger partial charge on any atom is 0.167 e. The number of hydrogen-bond acceptors (Lipinski definition) is 3. The number of imidazole rings is 1. The monoisotopic (exact) mass is 368 g/mol. The molecule has 1 aliphatic carbocycles. The quantitative estimate of drug-likeness (QED) is 0.454. The molecule has 0 radical (unpaired) electrons. The van der Waals surface area contributed by atoms with Crippen molar-refractivity contribution in [3.05, 3.63) is 47.0 Å². The van der Waals surface area contributed by atoms with Crippen LogP contribution >= 0.6 is 0 Å². The number of carbonyl (C=O) groups excluding carboxylic acids is 1. The van der Waals surface area contributed by atoms with Gasteiger partial charge < -0.3 is 9.30 Å². The van der Waals surface area contributed by atoms with E-state index < -0.39 is 0 Å². The molecule has 1 aromatic heterocycles. The lowest BCUT2D eigenvalue weighted by Crippen LogP contribution is -2.21. The van der Waals surface area contributed by atoms with Crippen LogP contribution in [-0.2, 0) is 19.4 Å². The van der Waals surface area contributed by atoms with Crippen LogP contribution in [0.1, 0.15) is 73.3 Å². The van der Waals surface area contributed by atoms with E-state index in [2.05, 4.69) is 16.5 Å². The number of carbonyl (C=O) groups is 1. The number of rotatable bonds is 9. The van der Waals surface area contributed by atoms with Crippen molar-refractivity contribution in [3.8, 4) is 5.75 Å². The fourth-order valence-corrected chi connectivity index (χ4v) is 3.98. The van der Waals surface area contributed by atoms with Crippen LogP contribution < -0.4 is 4.74 Å². The van der Waals surface area contributed by atoms with Crippen molar-refractivity contribution < 1.29 is 9.53 Å². The van der Waals surface area contributed by atoms with E-state index in [0.717, 1.165) is 49.4 Å². The van der Waals surface area contributed by atoms with Crippen LogP contribution in [-0.4, -0.2) is 21.9 Å². The Hall–Kier alpha value is -2.10. The number of aryl methyl sites for hydroxylation is 1. The van der Waals surface area contributed by atoms with E-state index in [1.807, 2.05) is 32.2 Å². The van der Waals surface area contributed by atoms with E-state index in [1.54, 1.807) is 6.20 Å². The van der Waals surface area contributed by atoms with Gasteiger partial charge in [-0.2, -0.15) is 0 Å². The van der Waals surface area contributed by atoms with Crippen LogP contribution in [0.15, 0.2) is 24.5 Å². The van der Waals surface area contributed by atoms with Crippen LogP contribution in [0.2, 0.25) is 0 Å². The molecular formula is C23H32N2O2. The zero-order valence-electron chi connectivity index (χ0n) is 17.0. The Morgan fingerprint density at radius 3 is 2.70 bits per heavy atom. The summed E-state index contributed by atoms with van der Waals surface area (Å²) in [7, 11) is 0. The van der Waals surface area contributed by atoms with E-state index in [0.29, 0.717) is 6.54 Å². The van der Waals surface area contributed by atoms with Crippen molar-refractivity contribution in [2.45, 2.75) is 72.3 Å². The summed E-state index contributed by atoms with van der Waals surface area (Å²) in [4.78, 5) is 17.5. The summed E-state index contributed by atoms with van der Waals surface area (Å²) in [6, 6.07) is 4.03. The Balaban J connectivity index is 1.78. The SMILES string of the molecule is CCCCCOc1ccc(C(=O)C(C)Cn2ccnc2C)c2c1CCCC2. The zero-order valence-corrected chi connectivity index (χ0v) is 17.0. The van der Waals surface area contributed by atoms with Gasteiger partial charge in [-0.15, -0.1) is 0 Å². The van der Waals surface area contributed by atoms with E-state index in [-0.39, 0.29) is 11.7 Å². The van der Waals surface area contributed by atoms with Crippen LogP contribution in [0.5, 0.6) is 5.75 Å². The smallest absolute Gasteiger partial charge is 0.167 e. The van der Waals surface area contributed by atoms with Gasteiger partial charge in [-0.3, -0.25) is 4.79 Å². The van der Waals surface area contributed by atoms with E-state index >= 15 is 0 Å². The number of ether oxygens (including phenoxy) is 1. The molecule has 2 aromatic rings. The number of fused-ring (bicyclic) bond motifs is 1. The molecule has 0 bridgehead atoms. The van der Waals surface area contributed by atoms with Gasteiger partial charge in [0.2, 0.25) is 0 Å². The summed E-state index contributed by atoms with van der Waals surface area (Å²) in [5.41, 5.74) is 3.40. The molecule has 0 fully saturated rings. The van der Waals surface area contributed by atoms with Gasteiger partial charge in [-0.1, -0.05) is 26.7 Å². The largest absolute Gasteiger partial charge is 0.493 e. The predicted octanol–water partition coefficient (Wildman–Crippen LogP) is 5.16. The number of unbranched alkanes of at least 4 members (excludes halogenated alkanes) is 2. The highest BCUT2D eigenvalue weighted by Gasteiger charge is 2.24. The standard InChI is InChI=1S/C23H32N2O2/c1-4-5-8-15-27-22-12-11-21(19-9-6-7-10-20(19)22)23(26)17(2)16-25-14-13-24-18(25)3/h11-14,17H,4-10,15-16H2,1-3H3. The first kappa shape index (κ1) is 19.7. The first-order valence-electron chi connectivity index (χ1n) is 10.4. The Kier molecular flexibility index (Phi) is 6.70. The fraction of sp³-hybridized carbons (Fsp3) is 0.565. The summed E-state index contributed by atoms with van der Waals surface area (Å²) in [6.07, 6.45) is 11.6. The molecule has 146 valence electrons. The minimum atomic E-state index is -0.0692. The Morgan fingerprint density at radius 2 is 2.00 bits per heavy atom. The van der Waals surface area contributed by atoms with Crippen molar-refractivity contribution in [2.24, 2.45) is 5.92 Å². The molecule has 0 spiro atoms. The Bertz CT molecular complexity index is 779. The summed E-state index contributed by atoms with van der Waals surface area (Å²) in [5.74, 6) is 2.11. The third kappa shape index (κ3) is 4.60. The maximum absolute atomic E-state index is 13.2. The van der Waals surface area contributed by atoms with Gasteiger partial charge in [0.05, 0.1) is 6.61 Å². The molecule has 1 unspecified atom stereocenters. The normalized spacial score (nSPS) is 14.6. The molecular weight excluding hydrogens is 336 g/mol. The van der Waals surface area contributed by atoms with E-state index in [1.165, 1.54) is 30.4 Å². The van der Waals surface area contributed by atoms with Crippen LogP contribution in [0.3, 0.4) is 0 Å². The minimum absolute atomic E-state index is 0.0692. The first-order valence-corrected chi connectivity index (χ1v) is 10.4. The second-order valence-electron chi connectivity index (χ2n) is 7.72. The number of benzene rings is 1. The molecule has 4 nitrogen and oxygen atoms in total. The third-order valence-corrected chi connectivity index (χ3v) is 5.60. The first-order chi connectivity index (χ1) is 13.1. The average Bonchev–Trinajstić information content (AvgIpc) is 3.09. The minimum Gasteiger partial charge on any atom is -0.493 e. The highest BCUT2D eigenvalue weighted by Crippen LogP contribution is 2.33. The molecule has 0 saturated carbocycles. The topological polar surface area (TPSA) is 44.1 Å². The second-order valence-corrected chi connectivity index (χ2v) is 7.72. The molecule has 1 heterocycles. The predicted molar refractivity (Wildman–Crippen MR) is 109 cm³/mol.